The van der Waals surface area contributed by atoms with Crippen LogP contribution in [0.1, 0.15) is 25.1 Å². The summed E-state index contributed by atoms with van der Waals surface area (Å²) in [6.45, 7) is 4.44. The average Bonchev–Trinajstić information content (AvgIpc) is 2.78. The van der Waals surface area contributed by atoms with Crippen LogP contribution in [-0.4, -0.2) is 5.16 Å². The Labute approximate surface area is 107 Å². The molecule has 2 rings (SSSR count). The second-order valence-corrected chi connectivity index (χ2v) is 4.88. The number of hydrogen-bond acceptors (Lipinski definition) is 2. The molecular formula is C14H16ClNO. The van der Waals surface area contributed by atoms with Gasteiger partial charge in [-0.1, -0.05) is 43.3 Å². The largest absolute Gasteiger partial charge is 0.356 e. The summed E-state index contributed by atoms with van der Waals surface area (Å²) in [4.78, 5) is 0. The first-order chi connectivity index (χ1) is 8.19. The van der Waals surface area contributed by atoms with Crippen LogP contribution in [-0.2, 0) is 12.3 Å². The second kappa shape index (κ2) is 5.37. The summed E-state index contributed by atoms with van der Waals surface area (Å²) in [6, 6.07) is 10.3. The van der Waals surface area contributed by atoms with Crippen molar-refractivity contribution in [2.45, 2.75) is 26.1 Å². The van der Waals surface area contributed by atoms with Gasteiger partial charge in [0.2, 0.25) is 0 Å². The van der Waals surface area contributed by atoms with Gasteiger partial charge >= 0.3 is 0 Å². The van der Waals surface area contributed by atoms with E-state index in [9.17, 15) is 0 Å². The Bertz CT molecular complexity index is 473. The molecule has 0 aliphatic carbocycles. The summed E-state index contributed by atoms with van der Waals surface area (Å²) in [6.07, 6.45) is 1.10. The van der Waals surface area contributed by atoms with E-state index in [1.807, 2.05) is 6.07 Å². The molecule has 90 valence electrons. The lowest BCUT2D eigenvalue weighted by Crippen LogP contribution is -1.93. The van der Waals surface area contributed by atoms with E-state index in [1.165, 1.54) is 5.56 Å². The molecule has 2 nitrogen and oxygen atoms in total. The molecule has 0 N–H and O–H groups in total. The minimum Gasteiger partial charge on any atom is -0.356 e. The van der Waals surface area contributed by atoms with E-state index in [0.29, 0.717) is 11.8 Å². The third kappa shape index (κ3) is 3.10. The molecule has 0 unspecified atom stereocenters. The van der Waals surface area contributed by atoms with Gasteiger partial charge in [-0.05, 0) is 17.9 Å². The molecule has 0 saturated carbocycles. The zero-order valence-electron chi connectivity index (χ0n) is 10.1. The van der Waals surface area contributed by atoms with Crippen LogP contribution in [0.3, 0.4) is 0 Å². The van der Waals surface area contributed by atoms with Gasteiger partial charge in [-0.15, -0.1) is 11.6 Å². The topological polar surface area (TPSA) is 26.0 Å². The summed E-state index contributed by atoms with van der Waals surface area (Å²) >= 11 is 5.69. The average molecular weight is 250 g/mol. The normalized spacial score (nSPS) is 11.1. The molecule has 0 amide bonds. The zero-order valence-corrected chi connectivity index (χ0v) is 10.9. The van der Waals surface area contributed by atoms with Crippen LogP contribution in [0.5, 0.6) is 0 Å². The molecule has 1 heterocycles. The fourth-order valence-electron chi connectivity index (χ4n) is 1.79. The number of halogens is 1. The van der Waals surface area contributed by atoms with Crippen molar-refractivity contribution < 1.29 is 4.52 Å². The van der Waals surface area contributed by atoms with Crippen molar-refractivity contribution in [1.29, 1.82) is 0 Å². The molecule has 3 heteroatoms. The highest BCUT2D eigenvalue weighted by Gasteiger charge is 2.06. The second-order valence-electron chi connectivity index (χ2n) is 4.61. The standard InChI is InChI=1S/C14H16ClNO/c1-10(2)7-11-3-5-12(6-4-11)14-8-13(9-15)16-17-14/h3-6,8,10H,7,9H2,1-2H3. The van der Waals surface area contributed by atoms with Gasteiger partial charge in [0.25, 0.3) is 0 Å². The Hall–Kier alpha value is -1.28. The van der Waals surface area contributed by atoms with Gasteiger partial charge in [-0.3, -0.25) is 0 Å². The van der Waals surface area contributed by atoms with E-state index in [-0.39, 0.29) is 0 Å². The molecule has 1 aromatic heterocycles. The van der Waals surface area contributed by atoms with Crippen LogP contribution >= 0.6 is 11.6 Å². The number of rotatable bonds is 4. The third-order valence-corrected chi connectivity index (χ3v) is 2.85. The lowest BCUT2D eigenvalue weighted by atomic mass is 10.0. The lowest BCUT2D eigenvalue weighted by molar-refractivity contribution is 0.426. The van der Waals surface area contributed by atoms with E-state index < -0.39 is 0 Å². The highest BCUT2D eigenvalue weighted by Crippen LogP contribution is 2.22. The van der Waals surface area contributed by atoms with Gasteiger partial charge in [0.05, 0.1) is 11.6 Å². The van der Waals surface area contributed by atoms with Crippen LogP contribution in [0.25, 0.3) is 11.3 Å². The van der Waals surface area contributed by atoms with Crippen LogP contribution in [0.2, 0.25) is 0 Å². The Balaban J connectivity index is 2.17. The first kappa shape index (κ1) is 12.2. The minimum absolute atomic E-state index is 0.384. The van der Waals surface area contributed by atoms with Crippen LogP contribution < -0.4 is 0 Å². The Morgan fingerprint density at radius 1 is 1.24 bits per heavy atom. The van der Waals surface area contributed by atoms with Crippen molar-refractivity contribution >= 4 is 11.6 Å². The van der Waals surface area contributed by atoms with Gasteiger partial charge < -0.3 is 4.52 Å². The van der Waals surface area contributed by atoms with Crippen molar-refractivity contribution in [3.05, 3.63) is 41.6 Å². The Kier molecular flexibility index (Phi) is 3.85. The maximum atomic E-state index is 5.69. The molecule has 0 atom stereocenters. The molecule has 17 heavy (non-hydrogen) atoms. The van der Waals surface area contributed by atoms with Gasteiger partial charge in [0, 0.05) is 11.6 Å². The van der Waals surface area contributed by atoms with E-state index in [4.69, 9.17) is 16.1 Å². The van der Waals surface area contributed by atoms with Crippen molar-refractivity contribution in [3.8, 4) is 11.3 Å². The molecule has 0 aliphatic heterocycles. The third-order valence-electron chi connectivity index (χ3n) is 2.58. The van der Waals surface area contributed by atoms with Gasteiger partial charge in [0.15, 0.2) is 5.76 Å². The predicted molar refractivity (Wildman–Crippen MR) is 70.0 cm³/mol. The molecular weight excluding hydrogens is 234 g/mol. The summed E-state index contributed by atoms with van der Waals surface area (Å²) in [5.41, 5.74) is 3.16. The van der Waals surface area contributed by atoms with Crippen LogP contribution in [0.15, 0.2) is 34.9 Å². The molecule has 0 fully saturated rings. The number of benzene rings is 1. The maximum Gasteiger partial charge on any atom is 0.167 e. The van der Waals surface area contributed by atoms with Gasteiger partial charge in [-0.25, -0.2) is 0 Å². The SMILES string of the molecule is CC(C)Cc1ccc(-c2cc(CCl)no2)cc1. The monoisotopic (exact) mass is 249 g/mol. The van der Waals surface area contributed by atoms with E-state index in [2.05, 4.69) is 43.3 Å². The fraction of sp³-hybridized carbons (Fsp3) is 0.357. The Morgan fingerprint density at radius 3 is 2.47 bits per heavy atom. The van der Waals surface area contributed by atoms with Gasteiger partial charge in [-0.2, -0.15) is 0 Å². The number of alkyl halides is 1. The predicted octanol–water partition coefficient (Wildman–Crippen LogP) is 4.28. The van der Waals surface area contributed by atoms with Crippen molar-refractivity contribution in [3.63, 3.8) is 0 Å². The van der Waals surface area contributed by atoms with Crippen LogP contribution in [0.4, 0.5) is 0 Å². The van der Waals surface area contributed by atoms with Gasteiger partial charge in [0.1, 0.15) is 0 Å². The smallest absolute Gasteiger partial charge is 0.167 e. The maximum absolute atomic E-state index is 5.69. The first-order valence-electron chi connectivity index (χ1n) is 5.80. The van der Waals surface area contributed by atoms with E-state index in [0.717, 1.165) is 23.4 Å². The molecule has 0 saturated heterocycles. The highest BCUT2D eigenvalue weighted by atomic mass is 35.5. The summed E-state index contributed by atoms with van der Waals surface area (Å²) in [7, 11) is 0. The molecule has 0 radical (unpaired) electrons. The Morgan fingerprint density at radius 2 is 1.94 bits per heavy atom. The summed E-state index contributed by atoms with van der Waals surface area (Å²) in [5.74, 6) is 1.83. The molecule has 0 aliphatic rings. The van der Waals surface area contributed by atoms with Crippen molar-refractivity contribution in [2.75, 3.05) is 0 Å². The molecule has 2 aromatic rings. The highest BCUT2D eigenvalue weighted by molar-refractivity contribution is 6.16. The molecule has 1 aromatic carbocycles. The number of hydrogen-bond donors (Lipinski definition) is 0. The molecule has 0 bridgehead atoms. The van der Waals surface area contributed by atoms with E-state index >= 15 is 0 Å². The van der Waals surface area contributed by atoms with Crippen molar-refractivity contribution in [2.24, 2.45) is 5.92 Å². The minimum atomic E-state index is 0.384. The van der Waals surface area contributed by atoms with Crippen LogP contribution in [0, 0.1) is 5.92 Å². The van der Waals surface area contributed by atoms with Crippen molar-refractivity contribution in [1.82, 2.24) is 5.16 Å². The lowest BCUT2D eigenvalue weighted by Gasteiger charge is -2.04. The summed E-state index contributed by atoms with van der Waals surface area (Å²) < 4.78 is 5.23. The van der Waals surface area contributed by atoms with E-state index in [1.54, 1.807) is 0 Å². The quantitative estimate of drug-likeness (QED) is 0.756. The number of aromatic nitrogens is 1. The molecule has 0 spiro atoms. The summed E-state index contributed by atoms with van der Waals surface area (Å²) in [5, 5.41) is 3.87. The number of nitrogens with zero attached hydrogens (tertiary/aromatic N) is 1. The first-order valence-corrected chi connectivity index (χ1v) is 6.33. The fourth-order valence-corrected chi connectivity index (χ4v) is 1.91. The zero-order chi connectivity index (χ0) is 12.3.